The first-order valence-electron chi connectivity index (χ1n) is 5.93. The number of aromatic amines is 1. The molecular weight excluding hydrogens is 210 g/mol. The van der Waals surface area contributed by atoms with Gasteiger partial charge in [0.05, 0.1) is 12.2 Å². The van der Waals surface area contributed by atoms with Gasteiger partial charge in [-0.3, -0.25) is 0 Å². The zero-order valence-corrected chi connectivity index (χ0v) is 10.7. The van der Waals surface area contributed by atoms with E-state index in [1.54, 1.807) is 0 Å². The first-order chi connectivity index (χ1) is 8.15. The van der Waals surface area contributed by atoms with E-state index >= 15 is 0 Å². The average molecular weight is 229 g/mol. The van der Waals surface area contributed by atoms with Gasteiger partial charge in [0, 0.05) is 12.2 Å². The van der Waals surface area contributed by atoms with E-state index in [4.69, 9.17) is 0 Å². The van der Waals surface area contributed by atoms with Crippen molar-refractivity contribution in [1.29, 1.82) is 0 Å². The Morgan fingerprint density at radius 1 is 1.06 bits per heavy atom. The molecule has 90 valence electrons. The van der Waals surface area contributed by atoms with Crippen molar-refractivity contribution < 1.29 is 0 Å². The summed E-state index contributed by atoms with van der Waals surface area (Å²) in [4.78, 5) is 7.70. The summed E-state index contributed by atoms with van der Waals surface area (Å²) in [6.07, 6.45) is 0. The number of benzene rings is 1. The number of aromatic nitrogens is 2. The second-order valence-electron chi connectivity index (χ2n) is 4.48. The zero-order chi connectivity index (χ0) is 12.3. The van der Waals surface area contributed by atoms with E-state index < -0.39 is 0 Å². The minimum atomic E-state index is 0.780. The molecule has 17 heavy (non-hydrogen) atoms. The lowest BCUT2D eigenvalue weighted by Crippen LogP contribution is -2.13. The lowest BCUT2D eigenvalue weighted by Gasteiger charge is -2.03. The molecule has 0 bridgehead atoms. The number of nitrogens with one attached hydrogen (secondary N) is 2. The van der Waals surface area contributed by atoms with Crippen molar-refractivity contribution >= 4 is 0 Å². The molecule has 0 aliphatic heterocycles. The number of nitrogens with zero attached hydrogens (tertiary/aromatic N) is 1. The number of hydrogen-bond donors (Lipinski definition) is 2. The van der Waals surface area contributed by atoms with Crippen LogP contribution >= 0.6 is 0 Å². The molecule has 0 aliphatic rings. The van der Waals surface area contributed by atoms with Crippen molar-refractivity contribution in [2.45, 2.75) is 33.9 Å². The summed E-state index contributed by atoms with van der Waals surface area (Å²) in [5, 5.41) is 3.38. The molecular formula is C14H19N3. The number of imidazole rings is 1. The Morgan fingerprint density at radius 2 is 1.76 bits per heavy atom. The molecule has 0 radical (unpaired) electrons. The van der Waals surface area contributed by atoms with E-state index in [0.717, 1.165) is 30.3 Å². The molecule has 0 amide bonds. The van der Waals surface area contributed by atoms with Crippen LogP contribution < -0.4 is 5.32 Å². The highest BCUT2D eigenvalue weighted by molar-refractivity contribution is 5.21. The van der Waals surface area contributed by atoms with Gasteiger partial charge in [-0.1, -0.05) is 29.8 Å². The van der Waals surface area contributed by atoms with Crippen LogP contribution in [-0.4, -0.2) is 9.97 Å². The largest absolute Gasteiger partial charge is 0.345 e. The number of rotatable bonds is 4. The summed E-state index contributed by atoms with van der Waals surface area (Å²) in [7, 11) is 0. The van der Waals surface area contributed by atoms with Crippen LogP contribution in [-0.2, 0) is 13.1 Å². The summed E-state index contributed by atoms with van der Waals surface area (Å²) >= 11 is 0. The van der Waals surface area contributed by atoms with Crippen LogP contribution in [0, 0.1) is 20.8 Å². The van der Waals surface area contributed by atoms with Gasteiger partial charge in [-0.05, 0) is 26.3 Å². The fourth-order valence-corrected chi connectivity index (χ4v) is 1.74. The summed E-state index contributed by atoms with van der Waals surface area (Å²) in [5.74, 6) is 1.01. The molecule has 0 spiro atoms. The van der Waals surface area contributed by atoms with E-state index in [2.05, 4.69) is 46.5 Å². The lowest BCUT2D eigenvalue weighted by molar-refractivity contribution is 0.667. The summed E-state index contributed by atoms with van der Waals surface area (Å²) in [6.45, 7) is 7.83. The molecule has 1 aromatic carbocycles. The standard InChI is InChI=1S/C14H19N3/c1-10-4-6-13(7-5-10)8-15-9-14-16-11(2)12(3)17-14/h4-7,15H,8-9H2,1-3H3,(H,16,17). The number of hydrogen-bond acceptors (Lipinski definition) is 2. The average Bonchev–Trinajstić information content (AvgIpc) is 2.61. The predicted octanol–water partition coefficient (Wildman–Crippen LogP) is 2.62. The molecule has 3 nitrogen and oxygen atoms in total. The van der Waals surface area contributed by atoms with Crippen LogP contribution in [0.2, 0.25) is 0 Å². The molecule has 0 unspecified atom stereocenters. The number of aryl methyl sites for hydroxylation is 3. The topological polar surface area (TPSA) is 40.7 Å². The fourth-order valence-electron chi connectivity index (χ4n) is 1.74. The lowest BCUT2D eigenvalue weighted by atomic mass is 10.1. The Hall–Kier alpha value is -1.61. The monoisotopic (exact) mass is 229 g/mol. The first-order valence-corrected chi connectivity index (χ1v) is 5.93. The molecule has 0 fully saturated rings. The van der Waals surface area contributed by atoms with Crippen LogP contribution in [0.25, 0.3) is 0 Å². The summed E-state index contributed by atoms with van der Waals surface area (Å²) in [5.41, 5.74) is 4.83. The maximum absolute atomic E-state index is 4.44. The summed E-state index contributed by atoms with van der Waals surface area (Å²) in [6, 6.07) is 8.58. The SMILES string of the molecule is Cc1ccc(CNCc2nc(C)c(C)[nH]2)cc1. The van der Waals surface area contributed by atoms with E-state index in [1.165, 1.54) is 11.1 Å². The van der Waals surface area contributed by atoms with Crippen molar-refractivity contribution in [2.75, 3.05) is 0 Å². The number of H-pyrrole nitrogens is 1. The highest BCUT2D eigenvalue weighted by Gasteiger charge is 2.01. The Bertz CT molecular complexity index is 463. The third kappa shape index (κ3) is 3.17. The Balaban J connectivity index is 1.85. The maximum atomic E-state index is 4.44. The molecule has 2 N–H and O–H groups in total. The van der Waals surface area contributed by atoms with Gasteiger partial charge in [0.2, 0.25) is 0 Å². The predicted molar refractivity (Wildman–Crippen MR) is 69.8 cm³/mol. The highest BCUT2D eigenvalue weighted by atomic mass is 15.0. The van der Waals surface area contributed by atoms with Crippen molar-refractivity contribution in [3.63, 3.8) is 0 Å². The second kappa shape index (κ2) is 5.15. The van der Waals surface area contributed by atoms with E-state index in [9.17, 15) is 0 Å². The molecule has 2 rings (SSSR count). The van der Waals surface area contributed by atoms with Gasteiger partial charge < -0.3 is 10.3 Å². The van der Waals surface area contributed by atoms with Gasteiger partial charge >= 0.3 is 0 Å². The molecule has 1 heterocycles. The first kappa shape index (κ1) is 11.9. The molecule has 3 heteroatoms. The van der Waals surface area contributed by atoms with Crippen LogP contribution in [0.15, 0.2) is 24.3 Å². The highest BCUT2D eigenvalue weighted by Crippen LogP contribution is 2.04. The molecule has 1 aromatic heterocycles. The van der Waals surface area contributed by atoms with Crippen LogP contribution in [0.3, 0.4) is 0 Å². The van der Waals surface area contributed by atoms with Crippen molar-refractivity contribution in [1.82, 2.24) is 15.3 Å². The summed E-state index contributed by atoms with van der Waals surface area (Å²) < 4.78 is 0. The van der Waals surface area contributed by atoms with Gasteiger partial charge in [0.25, 0.3) is 0 Å². The van der Waals surface area contributed by atoms with Crippen molar-refractivity contribution in [3.05, 3.63) is 52.6 Å². The third-order valence-corrected chi connectivity index (χ3v) is 2.92. The Labute approximate surface area is 102 Å². The van der Waals surface area contributed by atoms with Crippen molar-refractivity contribution in [2.24, 2.45) is 0 Å². The van der Waals surface area contributed by atoms with Crippen LogP contribution in [0.5, 0.6) is 0 Å². The van der Waals surface area contributed by atoms with Crippen LogP contribution in [0.4, 0.5) is 0 Å². The quantitative estimate of drug-likeness (QED) is 0.846. The molecule has 0 aliphatic carbocycles. The maximum Gasteiger partial charge on any atom is 0.120 e. The van der Waals surface area contributed by atoms with E-state index in [-0.39, 0.29) is 0 Å². The zero-order valence-electron chi connectivity index (χ0n) is 10.7. The van der Waals surface area contributed by atoms with Gasteiger partial charge in [-0.2, -0.15) is 0 Å². The molecule has 0 saturated carbocycles. The van der Waals surface area contributed by atoms with Gasteiger partial charge in [0.15, 0.2) is 0 Å². The third-order valence-electron chi connectivity index (χ3n) is 2.92. The Morgan fingerprint density at radius 3 is 2.35 bits per heavy atom. The van der Waals surface area contributed by atoms with Crippen LogP contribution in [0.1, 0.15) is 28.3 Å². The van der Waals surface area contributed by atoms with E-state index in [0.29, 0.717) is 0 Å². The van der Waals surface area contributed by atoms with Gasteiger partial charge in [0.1, 0.15) is 5.82 Å². The minimum absolute atomic E-state index is 0.780. The fraction of sp³-hybridized carbons (Fsp3) is 0.357. The van der Waals surface area contributed by atoms with E-state index in [1.807, 2.05) is 13.8 Å². The van der Waals surface area contributed by atoms with Gasteiger partial charge in [-0.25, -0.2) is 4.98 Å². The van der Waals surface area contributed by atoms with Gasteiger partial charge in [-0.15, -0.1) is 0 Å². The second-order valence-corrected chi connectivity index (χ2v) is 4.48. The normalized spacial score (nSPS) is 10.8. The molecule has 2 aromatic rings. The molecule has 0 saturated heterocycles. The Kier molecular flexibility index (Phi) is 3.59. The van der Waals surface area contributed by atoms with Crippen molar-refractivity contribution in [3.8, 4) is 0 Å². The smallest absolute Gasteiger partial charge is 0.120 e. The molecule has 0 atom stereocenters. The minimum Gasteiger partial charge on any atom is -0.345 e.